The van der Waals surface area contributed by atoms with Crippen molar-refractivity contribution in [3.8, 4) is 5.88 Å². The largest absolute Gasteiger partial charge is 0.476 e. The first-order valence-electron chi connectivity index (χ1n) is 5.15. The molecule has 3 rings (SSSR count). The average Bonchev–Trinajstić information content (AvgIpc) is 2.87. The highest BCUT2D eigenvalue weighted by atomic mass is 16.5. The average molecular weight is 217 g/mol. The van der Waals surface area contributed by atoms with Crippen molar-refractivity contribution in [2.75, 3.05) is 13.7 Å². The van der Waals surface area contributed by atoms with Crippen LogP contribution in [-0.4, -0.2) is 24.3 Å². The SMILES string of the molecule is COC(=O)c1c2n(c3ccccc13)CCO2. The number of aromatic nitrogens is 1. The van der Waals surface area contributed by atoms with Crippen LogP contribution in [0.1, 0.15) is 10.4 Å². The van der Waals surface area contributed by atoms with Gasteiger partial charge in [0.2, 0.25) is 5.88 Å². The molecule has 82 valence electrons. The summed E-state index contributed by atoms with van der Waals surface area (Å²) in [7, 11) is 1.39. The minimum atomic E-state index is -0.341. The third-order valence-electron chi connectivity index (χ3n) is 2.87. The lowest BCUT2D eigenvalue weighted by molar-refractivity contribution is 0.0599. The monoisotopic (exact) mass is 217 g/mol. The van der Waals surface area contributed by atoms with Crippen LogP contribution in [0.15, 0.2) is 24.3 Å². The molecule has 0 fully saturated rings. The number of carbonyl (C=O) groups excluding carboxylic acids is 1. The van der Waals surface area contributed by atoms with Gasteiger partial charge in [0.05, 0.1) is 19.2 Å². The summed E-state index contributed by atoms with van der Waals surface area (Å²) in [5, 5.41) is 0.893. The number of para-hydroxylation sites is 1. The van der Waals surface area contributed by atoms with E-state index in [1.807, 2.05) is 28.8 Å². The molecule has 2 aromatic rings. The van der Waals surface area contributed by atoms with E-state index in [0.29, 0.717) is 18.1 Å². The summed E-state index contributed by atoms with van der Waals surface area (Å²) in [5.74, 6) is 0.292. The Morgan fingerprint density at radius 2 is 2.25 bits per heavy atom. The standard InChI is InChI=1S/C12H11NO3/c1-15-12(14)10-8-4-2-3-5-9(8)13-6-7-16-11(10)13/h2-5H,6-7H2,1H3. The minimum Gasteiger partial charge on any atom is -0.476 e. The molecule has 1 aromatic heterocycles. The van der Waals surface area contributed by atoms with Crippen molar-refractivity contribution in [1.29, 1.82) is 0 Å². The third kappa shape index (κ3) is 1.07. The van der Waals surface area contributed by atoms with Gasteiger partial charge in [0.15, 0.2) is 0 Å². The number of rotatable bonds is 1. The van der Waals surface area contributed by atoms with Crippen LogP contribution >= 0.6 is 0 Å². The molecule has 1 aromatic carbocycles. The van der Waals surface area contributed by atoms with Crippen LogP contribution in [0.4, 0.5) is 0 Å². The normalized spacial score (nSPS) is 13.6. The summed E-state index contributed by atoms with van der Waals surface area (Å²) in [4.78, 5) is 11.7. The van der Waals surface area contributed by atoms with Crippen molar-refractivity contribution >= 4 is 16.9 Å². The van der Waals surface area contributed by atoms with Gasteiger partial charge in [-0.2, -0.15) is 0 Å². The van der Waals surface area contributed by atoms with Gasteiger partial charge in [0.1, 0.15) is 12.2 Å². The fourth-order valence-electron chi connectivity index (χ4n) is 2.18. The van der Waals surface area contributed by atoms with Gasteiger partial charge in [-0.1, -0.05) is 18.2 Å². The van der Waals surface area contributed by atoms with Crippen molar-refractivity contribution in [2.24, 2.45) is 0 Å². The molecule has 0 bridgehead atoms. The highest BCUT2D eigenvalue weighted by molar-refractivity contribution is 6.07. The number of benzene rings is 1. The Hall–Kier alpha value is -1.97. The summed E-state index contributed by atoms with van der Waals surface area (Å²) >= 11 is 0. The molecule has 0 N–H and O–H groups in total. The Balaban J connectivity index is 2.37. The molecule has 1 aliphatic heterocycles. The number of methoxy groups -OCH3 is 1. The van der Waals surface area contributed by atoms with Gasteiger partial charge in [0, 0.05) is 5.39 Å². The number of nitrogens with zero attached hydrogens (tertiary/aromatic N) is 1. The van der Waals surface area contributed by atoms with Gasteiger partial charge in [-0.15, -0.1) is 0 Å². The van der Waals surface area contributed by atoms with E-state index in [4.69, 9.17) is 9.47 Å². The van der Waals surface area contributed by atoms with E-state index in [0.717, 1.165) is 17.4 Å². The van der Waals surface area contributed by atoms with Crippen molar-refractivity contribution in [3.63, 3.8) is 0 Å². The topological polar surface area (TPSA) is 40.5 Å². The van der Waals surface area contributed by atoms with Crippen molar-refractivity contribution in [2.45, 2.75) is 6.54 Å². The number of carbonyl (C=O) groups is 1. The molecular weight excluding hydrogens is 206 g/mol. The molecule has 0 amide bonds. The zero-order valence-corrected chi connectivity index (χ0v) is 8.90. The van der Waals surface area contributed by atoms with E-state index in [-0.39, 0.29) is 5.97 Å². The van der Waals surface area contributed by atoms with Crippen molar-refractivity contribution in [1.82, 2.24) is 4.57 Å². The molecule has 0 aliphatic carbocycles. The fraction of sp³-hybridized carbons (Fsp3) is 0.250. The molecule has 0 atom stereocenters. The first-order valence-corrected chi connectivity index (χ1v) is 5.15. The molecular formula is C12H11NO3. The molecule has 4 nitrogen and oxygen atoms in total. The maximum absolute atomic E-state index is 11.7. The van der Waals surface area contributed by atoms with E-state index < -0.39 is 0 Å². The second-order valence-corrected chi connectivity index (χ2v) is 3.69. The molecule has 0 unspecified atom stereocenters. The highest BCUT2D eigenvalue weighted by Gasteiger charge is 2.27. The van der Waals surface area contributed by atoms with Gasteiger partial charge >= 0.3 is 5.97 Å². The molecule has 0 saturated heterocycles. The fourth-order valence-corrected chi connectivity index (χ4v) is 2.18. The van der Waals surface area contributed by atoms with Gasteiger partial charge < -0.3 is 14.0 Å². The van der Waals surface area contributed by atoms with Crippen LogP contribution in [0.5, 0.6) is 5.88 Å². The zero-order valence-electron chi connectivity index (χ0n) is 8.90. The molecule has 16 heavy (non-hydrogen) atoms. The maximum atomic E-state index is 11.7. The summed E-state index contributed by atoms with van der Waals surface area (Å²) in [6.45, 7) is 1.40. The van der Waals surface area contributed by atoms with Crippen molar-refractivity contribution < 1.29 is 14.3 Å². The minimum absolute atomic E-state index is 0.341. The highest BCUT2D eigenvalue weighted by Crippen LogP contribution is 2.35. The number of hydrogen-bond donors (Lipinski definition) is 0. The predicted octanol–water partition coefficient (Wildman–Crippen LogP) is 1.82. The van der Waals surface area contributed by atoms with Gasteiger partial charge in [0.25, 0.3) is 0 Å². The number of hydrogen-bond acceptors (Lipinski definition) is 3. The third-order valence-corrected chi connectivity index (χ3v) is 2.87. The van der Waals surface area contributed by atoms with Gasteiger partial charge in [-0.3, -0.25) is 0 Å². The number of esters is 1. The predicted molar refractivity (Wildman–Crippen MR) is 58.8 cm³/mol. The molecule has 0 radical (unpaired) electrons. The Labute approximate surface area is 92.4 Å². The van der Waals surface area contributed by atoms with Crippen LogP contribution in [0, 0.1) is 0 Å². The Kier molecular flexibility index (Phi) is 1.89. The number of fused-ring (bicyclic) bond motifs is 3. The Bertz CT molecular complexity index is 571. The summed E-state index contributed by atoms with van der Waals surface area (Å²) in [6.07, 6.45) is 0. The van der Waals surface area contributed by atoms with E-state index in [1.54, 1.807) is 0 Å². The molecule has 1 aliphatic rings. The van der Waals surface area contributed by atoms with E-state index in [9.17, 15) is 4.79 Å². The van der Waals surface area contributed by atoms with Crippen LogP contribution < -0.4 is 4.74 Å². The smallest absolute Gasteiger partial charge is 0.344 e. The van der Waals surface area contributed by atoms with E-state index in [2.05, 4.69) is 0 Å². The zero-order chi connectivity index (χ0) is 11.1. The molecule has 0 spiro atoms. The van der Waals surface area contributed by atoms with E-state index >= 15 is 0 Å². The summed E-state index contributed by atoms with van der Waals surface area (Å²) in [5.41, 5.74) is 1.56. The van der Waals surface area contributed by atoms with Gasteiger partial charge in [-0.25, -0.2) is 4.79 Å². The van der Waals surface area contributed by atoms with E-state index in [1.165, 1.54) is 7.11 Å². The van der Waals surface area contributed by atoms with Crippen LogP contribution in [0.2, 0.25) is 0 Å². The maximum Gasteiger partial charge on any atom is 0.344 e. The van der Waals surface area contributed by atoms with Gasteiger partial charge in [-0.05, 0) is 6.07 Å². The van der Waals surface area contributed by atoms with Crippen LogP contribution in [0.3, 0.4) is 0 Å². The first kappa shape index (κ1) is 9.27. The number of ether oxygens (including phenoxy) is 2. The van der Waals surface area contributed by atoms with Crippen LogP contribution in [0.25, 0.3) is 10.9 Å². The summed E-state index contributed by atoms with van der Waals surface area (Å²) in [6, 6.07) is 7.76. The Morgan fingerprint density at radius 1 is 1.44 bits per heavy atom. The lowest BCUT2D eigenvalue weighted by Gasteiger charge is -2.00. The lowest BCUT2D eigenvalue weighted by Crippen LogP contribution is -2.02. The van der Waals surface area contributed by atoms with Crippen LogP contribution in [-0.2, 0) is 11.3 Å². The van der Waals surface area contributed by atoms with Crippen molar-refractivity contribution in [3.05, 3.63) is 29.8 Å². The molecule has 2 heterocycles. The Morgan fingerprint density at radius 3 is 3.06 bits per heavy atom. The lowest BCUT2D eigenvalue weighted by atomic mass is 10.2. The second-order valence-electron chi connectivity index (χ2n) is 3.69. The second kappa shape index (κ2) is 3.27. The first-order chi connectivity index (χ1) is 7.83. The summed E-state index contributed by atoms with van der Waals surface area (Å²) < 4.78 is 12.3. The molecule has 4 heteroatoms. The molecule has 0 saturated carbocycles. The quantitative estimate of drug-likeness (QED) is 0.684.